The van der Waals surface area contributed by atoms with Crippen molar-refractivity contribution in [2.24, 2.45) is 0 Å². The van der Waals surface area contributed by atoms with Crippen molar-refractivity contribution in [2.45, 2.75) is 17.5 Å². The Hall–Kier alpha value is -3.33. The number of nitrogens with zero attached hydrogens (tertiary/aromatic N) is 4. The standard InChI is InChI=1S/C20H20N4O4S/c1-4-11-23-19(14-5-8-17(27-2)9-6-14)21-22-20(23)29-13-15-12-16(24(25)26)7-10-18(15)28-3/h4-10,12H,1,11,13H2,2-3H3. The minimum atomic E-state index is -0.421. The lowest BCUT2D eigenvalue weighted by molar-refractivity contribution is -0.384. The van der Waals surface area contributed by atoms with Crippen molar-refractivity contribution in [3.05, 3.63) is 70.8 Å². The van der Waals surface area contributed by atoms with E-state index in [9.17, 15) is 10.1 Å². The summed E-state index contributed by atoms with van der Waals surface area (Å²) >= 11 is 1.43. The second kappa shape index (κ2) is 9.24. The fourth-order valence-corrected chi connectivity index (χ4v) is 3.70. The first kappa shape index (κ1) is 20.4. The van der Waals surface area contributed by atoms with Crippen molar-refractivity contribution in [1.29, 1.82) is 0 Å². The van der Waals surface area contributed by atoms with Gasteiger partial charge in [0.15, 0.2) is 11.0 Å². The third-order valence-corrected chi connectivity index (χ3v) is 5.22. The van der Waals surface area contributed by atoms with Gasteiger partial charge >= 0.3 is 0 Å². The molecule has 0 spiro atoms. The van der Waals surface area contributed by atoms with E-state index in [0.717, 1.165) is 11.3 Å². The number of benzene rings is 2. The Morgan fingerprint density at radius 1 is 1.17 bits per heavy atom. The Morgan fingerprint density at radius 2 is 1.93 bits per heavy atom. The average Bonchev–Trinajstić information content (AvgIpc) is 3.14. The second-order valence-corrected chi connectivity index (χ2v) is 6.92. The summed E-state index contributed by atoms with van der Waals surface area (Å²) in [5.74, 6) is 2.51. The van der Waals surface area contributed by atoms with Gasteiger partial charge in [-0.15, -0.1) is 16.8 Å². The largest absolute Gasteiger partial charge is 0.497 e. The summed E-state index contributed by atoms with van der Waals surface area (Å²) < 4.78 is 12.5. The molecule has 0 amide bonds. The molecule has 0 radical (unpaired) electrons. The van der Waals surface area contributed by atoms with Crippen molar-refractivity contribution >= 4 is 17.4 Å². The molecule has 150 valence electrons. The fraction of sp³-hybridized carbons (Fsp3) is 0.200. The number of hydrogen-bond donors (Lipinski definition) is 0. The van der Waals surface area contributed by atoms with Crippen LogP contribution in [0.2, 0.25) is 0 Å². The number of non-ortho nitro benzene ring substituents is 1. The lowest BCUT2D eigenvalue weighted by Gasteiger charge is -2.10. The van der Waals surface area contributed by atoms with Gasteiger partial charge in [0.1, 0.15) is 11.5 Å². The van der Waals surface area contributed by atoms with Crippen molar-refractivity contribution in [3.63, 3.8) is 0 Å². The normalized spacial score (nSPS) is 10.6. The number of aromatic nitrogens is 3. The van der Waals surface area contributed by atoms with Crippen LogP contribution >= 0.6 is 11.8 Å². The van der Waals surface area contributed by atoms with Gasteiger partial charge in [-0.3, -0.25) is 14.7 Å². The molecule has 0 bridgehead atoms. The van der Waals surface area contributed by atoms with Gasteiger partial charge in [0.2, 0.25) is 0 Å². The van der Waals surface area contributed by atoms with Gasteiger partial charge < -0.3 is 9.47 Å². The summed E-state index contributed by atoms with van der Waals surface area (Å²) in [7, 11) is 3.16. The number of methoxy groups -OCH3 is 2. The van der Waals surface area contributed by atoms with E-state index < -0.39 is 4.92 Å². The molecule has 0 saturated heterocycles. The highest BCUT2D eigenvalue weighted by Gasteiger charge is 2.16. The van der Waals surface area contributed by atoms with Gasteiger partial charge in [0.05, 0.1) is 19.1 Å². The third-order valence-electron chi connectivity index (χ3n) is 4.21. The van der Waals surface area contributed by atoms with Gasteiger partial charge in [-0.2, -0.15) is 0 Å². The first-order valence-electron chi connectivity index (χ1n) is 8.70. The molecule has 1 aromatic heterocycles. The van der Waals surface area contributed by atoms with Crippen LogP contribution in [0.15, 0.2) is 60.3 Å². The predicted octanol–water partition coefficient (Wildman–Crippen LogP) is 4.35. The van der Waals surface area contributed by atoms with Crippen LogP contribution in [-0.4, -0.2) is 33.9 Å². The highest BCUT2D eigenvalue weighted by Crippen LogP contribution is 2.32. The molecule has 8 nitrogen and oxygen atoms in total. The summed E-state index contributed by atoms with van der Waals surface area (Å²) in [5, 5.41) is 20.4. The van der Waals surface area contributed by atoms with Crippen LogP contribution in [0.4, 0.5) is 5.69 Å². The molecule has 0 aliphatic carbocycles. The Balaban J connectivity index is 1.88. The van der Waals surface area contributed by atoms with Crippen LogP contribution in [0.3, 0.4) is 0 Å². The molecule has 0 aliphatic heterocycles. The molecule has 0 unspecified atom stereocenters. The molecule has 0 N–H and O–H groups in total. The van der Waals surface area contributed by atoms with E-state index in [1.165, 1.54) is 31.0 Å². The lowest BCUT2D eigenvalue weighted by Crippen LogP contribution is -2.01. The predicted molar refractivity (Wildman–Crippen MR) is 111 cm³/mol. The minimum absolute atomic E-state index is 0.0212. The number of thioether (sulfide) groups is 1. The summed E-state index contributed by atoms with van der Waals surface area (Å²) in [6, 6.07) is 12.1. The van der Waals surface area contributed by atoms with E-state index in [-0.39, 0.29) is 5.69 Å². The maximum absolute atomic E-state index is 11.1. The topological polar surface area (TPSA) is 92.3 Å². The Labute approximate surface area is 172 Å². The van der Waals surface area contributed by atoms with Crippen LogP contribution in [-0.2, 0) is 12.3 Å². The summed E-state index contributed by atoms with van der Waals surface area (Å²) in [6.45, 7) is 4.35. The van der Waals surface area contributed by atoms with Crippen LogP contribution in [0.5, 0.6) is 11.5 Å². The molecule has 3 rings (SSSR count). The molecular formula is C20H20N4O4S. The Kier molecular flexibility index (Phi) is 6.50. The van der Waals surface area contributed by atoms with E-state index in [1.54, 1.807) is 19.3 Å². The maximum Gasteiger partial charge on any atom is 0.270 e. The minimum Gasteiger partial charge on any atom is -0.497 e. The zero-order chi connectivity index (χ0) is 20.8. The zero-order valence-electron chi connectivity index (χ0n) is 16.1. The van der Waals surface area contributed by atoms with Crippen molar-refractivity contribution < 1.29 is 14.4 Å². The molecule has 0 saturated carbocycles. The molecule has 29 heavy (non-hydrogen) atoms. The molecule has 0 aliphatic rings. The first-order chi connectivity index (χ1) is 14.1. The van der Waals surface area contributed by atoms with Gasteiger partial charge in [0.25, 0.3) is 5.69 Å². The van der Waals surface area contributed by atoms with Crippen molar-refractivity contribution in [1.82, 2.24) is 14.8 Å². The number of hydrogen-bond acceptors (Lipinski definition) is 7. The summed E-state index contributed by atoms with van der Waals surface area (Å²) in [5.41, 5.74) is 1.64. The highest BCUT2D eigenvalue weighted by atomic mass is 32.2. The van der Waals surface area contributed by atoms with Gasteiger partial charge in [-0.25, -0.2) is 0 Å². The zero-order valence-corrected chi connectivity index (χ0v) is 16.9. The molecule has 2 aromatic carbocycles. The third kappa shape index (κ3) is 4.57. The van der Waals surface area contributed by atoms with E-state index in [1.807, 2.05) is 28.8 Å². The molecule has 0 atom stereocenters. The van der Waals surface area contributed by atoms with Crippen molar-refractivity contribution in [3.8, 4) is 22.9 Å². The van der Waals surface area contributed by atoms with Gasteiger partial charge in [-0.1, -0.05) is 17.8 Å². The smallest absolute Gasteiger partial charge is 0.270 e. The summed E-state index contributed by atoms with van der Waals surface area (Å²) in [4.78, 5) is 10.7. The molecule has 0 fully saturated rings. The monoisotopic (exact) mass is 412 g/mol. The van der Waals surface area contributed by atoms with Crippen molar-refractivity contribution in [2.75, 3.05) is 14.2 Å². The van der Waals surface area contributed by atoms with E-state index in [2.05, 4.69) is 16.8 Å². The van der Waals surface area contributed by atoms with Crippen LogP contribution in [0.25, 0.3) is 11.4 Å². The Morgan fingerprint density at radius 3 is 2.55 bits per heavy atom. The number of ether oxygens (including phenoxy) is 2. The van der Waals surface area contributed by atoms with Crippen LogP contribution < -0.4 is 9.47 Å². The fourth-order valence-electron chi connectivity index (χ4n) is 2.78. The lowest BCUT2D eigenvalue weighted by atomic mass is 10.2. The molecule has 3 aromatic rings. The second-order valence-electron chi connectivity index (χ2n) is 5.98. The highest BCUT2D eigenvalue weighted by molar-refractivity contribution is 7.98. The van der Waals surface area contributed by atoms with E-state index in [0.29, 0.717) is 34.6 Å². The van der Waals surface area contributed by atoms with E-state index >= 15 is 0 Å². The number of rotatable bonds is 9. The quantitative estimate of drug-likeness (QED) is 0.223. The van der Waals surface area contributed by atoms with Crippen LogP contribution in [0.1, 0.15) is 5.56 Å². The maximum atomic E-state index is 11.1. The molecule has 1 heterocycles. The number of nitro benzene ring substituents is 1. The SMILES string of the molecule is C=CCn1c(SCc2cc([N+](=O)[O-])ccc2OC)nnc1-c1ccc(OC)cc1. The van der Waals surface area contributed by atoms with Crippen LogP contribution in [0, 0.1) is 10.1 Å². The Bertz CT molecular complexity index is 1020. The number of allylic oxidation sites excluding steroid dienone is 1. The molecule has 9 heteroatoms. The average molecular weight is 412 g/mol. The first-order valence-corrected chi connectivity index (χ1v) is 9.68. The van der Waals surface area contributed by atoms with Gasteiger partial charge in [0, 0.05) is 35.6 Å². The number of nitro groups is 1. The van der Waals surface area contributed by atoms with E-state index in [4.69, 9.17) is 9.47 Å². The summed E-state index contributed by atoms with van der Waals surface area (Å²) in [6.07, 6.45) is 1.77. The van der Waals surface area contributed by atoms with Gasteiger partial charge in [-0.05, 0) is 30.3 Å². The molecular weight excluding hydrogens is 392 g/mol.